The van der Waals surface area contributed by atoms with E-state index in [1.807, 2.05) is 26.0 Å². The maximum atomic E-state index is 3.89. The van der Waals surface area contributed by atoms with Gasteiger partial charge in [0, 0.05) is 21.1 Å². The van der Waals surface area contributed by atoms with E-state index >= 15 is 0 Å². The van der Waals surface area contributed by atoms with Crippen LogP contribution < -0.4 is 5.43 Å². The summed E-state index contributed by atoms with van der Waals surface area (Å²) < 4.78 is 0. The smallest absolute Gasteiger partial charge is 0.107 e. The van der Waals surface area contributed by atoms with Crippen LogP contribution in [0, 0.1) is 0 Å². The second-order valence-electron chi connectivity index (χ2n) is 1.82. The second kappa shape index (κ2) is 3.43. The van der Waals surface area contributed by atoms with Crippen molar-refractivity contribution < 1.29 is 0 Å². The lowest BCUT2D eigenvalue weighted by molar-refractivity contribution is 0.361. The first-order valence-electron chi connectivity index (χ1n) is 2.54. The van der Waals surface area contributed by atoms with Crippen molar-refractivity contribution >= 4 is 5.84 Å². The fourth-order valence-corrected chi connectivity index (χ4v) is 0.374. The number of aliphatic imine (C=N–C) groups is 1. The first kappa shape index (κ1) is 7.43. The molecular formula is C5H13N3. The Hall–Kier alpha value is -0.570. The quantitative estimate of drug-likeness (QED) is 0.298. The van der Waals surface area contributed by atoms with Crippen LogP contribution in [0.5, 0.6) is 0 Å². The molecule has 0 saturated heterocycles. The van der Waals surface area contributed by atoms with Gasteiger partial charge in [-0.2, -0.15) is 0 Å². The summed E-state index contributed by atoms with van der Waals surface area (Å²) in [5.41, 5.74) is 2.98. The van der Waals surface area contributed by atoms with E-state index in [9.17, 15) is 0 Å². The Kier molecular flexibility index (Phi) is 3.19. The van der Waals surface area contributed by atoms with Gasteiger partial charge in [0.15, 0.2) is 0 Å². The van der Waals surface area contributed by atoms with E-state index in [0.29, 0.717) is 0 Å². The van der Waals surface area contributed by atoms with Crippen molar-refractivity contribution in [1.82, 2.24) is 10.4 Å². The highest BCUT2D eigenvalue weighted by molar-refractivity contribution is 5.78. The lowest BCUT2D eigenvalue weighted by atomic mass is 10.7. The van der Waals surface area contributed by atoms with Gasteiger partial charge in [0.2, 0.25) is 0 Å². The van der Waals surface area contributed by atoms with Gasteiger partial charge in [0.1, 0.15) is 5.84 Å². The molecule has 0 aromatic rings. The molecule has 3 nitrogen and oxygen atoms in total. The molecule has 0 bridgehead atoms. The molecule has 0 fully saturated rings. The molecule has 48 valence electrons. The topological polar surface area (TPSA) is 27.6 Å². The van der Waals surface area contributed by atoms with E-state index in [0.717, 1.165) is 5.84 Å². The molecule has 0 amide bonds. The lowest BCUT2D eigenvalue weighted by Crippen LogP contribution is -2.34. The van der Waals surface area contributed by atoms with Gasteiger partial charge in [-0.1, -0.05) is 0 Å². The van der Waals surface area contributed by atoms with Gasteiger partial charge in [-0.15, -0.1) is 0 Å². The summed E-state index contributed by atoms with van der Waals surface area (Å²) in [6.45, 7) is 1.92. The summed E-state index contributed by atoms with van der Waals surface area (Å²) in [7, 11) is 5.61. The molecule has 1 N–H and O–H groups in total. The molecule has 0 heterocycles. The van der Waals surface area contributed by atoms with E-state index in [-0.39, 0.29) is 0 Å². The number of rotatable bonds is 1. The maximum absolute atomic E-state index is 3.89. The summed E-state index contributed by atoms with van der Waals surface area (Å²) in [5.74, 6) is 0.926. The summed E-state index contributed by atoms with van der Waals surface area (Å²) in [6.07, 6.45) is 0. The fraction of sp³-hybridized carbons (Fsp3) is 0.800. The minimum atomic E-state index is 0.926. The van der Waals surface area contributed by atoms with Crippen LogP contribution in [0.1, 0.15) is 6.92 Å². The normalized spacial score (nSPS) is 12.4. The van der Waals surface area contributed by atoms with E-state index in [4.69, 9.17) is 0 Å². The lowest BCUT2D eigenvalue weighted by Gasteiger charge is -2.11. The number of nitrogens with one attached hydrogen (secondary N) is 1. The molecular weight excluding hydrogens is 102 g/mol. The van der Waals surface area contributed by atoms with Crippen molar-refractivity contribution in [3.8, 4) is 0 Å². The number of nitrogens with zero attached hydrogens (tertiary/aromatic N) is 2. The van der Waals surface area contributed by atoms with Crippen LogP contribution in [0.15, 0.2) is 4.99 Å². The van der Waals surface area contributed by atoms with E-state index < -0.39 is 0 Å². The summed E-state index contributed by atoms with van der Waals surface area (Å²) in [5, 5.41) is 1.85. The highest BCUT2D eigenvalue weighted by atomic mass is 15.5. The molecule has 0 aliphatic carbocycles. The minimum absolute atomic E-state index is 0.926. The molecule has 0 atom stereocenters. The first-order chi connectivity index (χ1) is 3.66. The summed E-state index contributed by atoms with van der Waals surface area (Å²) in [4.78, 5) is 3.89. The molecule has 0 aliphatic rings. The highest BCUT2D eigenvalue weighted by Gasteiger charge is 1.85. The van der Waals surface area contributed by atoms with E-state index in [1.165, 1.54) is 0 Å². The predicted molar refractivity (Wildman–Crippen MR) is 35.9 cm³/mol. The number of hydrogen-bond donors (Lipinski definition) is 1. The SMILES string of the molecule is C/N=C(/C)NN(C)C. The molecule has 0 aromatic heterocycles. The fourth-order valence-electron chi connectivity index (χ4n) is 0.374. The largest absolute Gasteiger partial charge is 0.308 e. The van der Waals surface area contributed by atoms with Gasteiger partial charge < -0.3 is 5.43 Å². The van der Waals surface area contributed by atoms with E-state index in [1.54, 1.807) is 7.05 Å². The molecule has 0 saturated carbocycles. The van der Waals surface area contributed by atoms with Crippen LogP contribution in [0.25, 0.3) is 0 Å². The van der Waals surface area contributed by atoms with Gasteiger partial charge in [0.05, 0.1) is 0 Å². The van der Waals surface area contributed by atoms with Gasteiger partial charge >= 0.3 is 0 Å². The van der Waals surface area contributed by atoms with Crippen LogP contribution in [0.3, 0.4) is 0 Å². The summed E-state index contributed by atoms with van der Waals surface area (Å²) >= 11 is 0. The van der Waals surface area contributed by atoms with Crippen molar-refractivity contribution in [3.05, 3.63) is 0 Å². The van der Waals surface area contributed by atoms with Crippen LogP contribution in [0.2, 0.25) is 0 Å². The van der Waals surface area contributed by atoms with Crippen LogP contribution in [-0.4, -0.2) is 32.0 Å². The Morgan fingerprint density at radius 3 is 2.12 bits per heavy atom. The van der Waals surface area contributed by atoms with Gasteiger partial charge in [-0.25, -0.2) is 5.01 Å². The Bertz CT molecular complexity index is 85.7. The standard InChI is InChI=1S/C5H13N3/c1-5(6-2)7-8(3)4/h1-4H3,(H,6,7). The van der Waals surface area contributed by atoms with E-state index in [2.05, 4.69) is 10.4 Å². The average Bonchev–Trinajstić information content (AvgIpc) is 1.65. The van der Waals surface area contributed by atoms with Crippen molar-refractivity contribution in [2.75, 3.05) is 21.1 Å². The Morgan fingerprint density at radius 2 is 2.00 bits per heavy atom. The molecule has 0 radical (unpaired) electrons. The molecule has 0 aliphatic heterocycles. The van der Waals surface area contributed by atoms with Crippen molar-refractivity contribution in [3.63, 3.8) is 0 Å². The van der Waals surface area contributed by atoms with Crippen molar-refractivity contribution in [2.24, 2.45) is 4.99 Å². The molecule has 0 unspecified atom stereocenters. The zero-order valence-electron chi connectivity index (χ0n) is 5.89. The third kappa shape index (κ3) is 3.61. The van der Waals surface area contributed by atoms with Crippen LogP contribution in [0.4, 0.5) is 0 Å². The first-order valence-corrected chi connectivity index (χ1v) is 2.54. The number of amidine groups is 1. The average molecular weight is 115 g/mol. The van der Waals surface area contributed by atoms with Crippen molar-refractivity contribution in [2.45, 2.75) is 6.92 Å². The van der Waals surface area contributed by atoms with Gasteiger partial charge in [-0.3, -0.25) is 4.99 Å². The molecule has 0 spiro atoms. The maximum Gasteiger partial charge on any atom is 0.107 e. The molecule has 0 aromatic carbocycles. The number of hydrazine groups is 1. The third-order valence-corrected chi connectivity index (χ3v) is 0.721. The zero-order valence-corrected chi connectivity index (χ0v) is 5.89. The predicted octanol–water partition coefficient (Wildman–Crippen LogP) is 0.101. The Morgan fingerprint density at radius 1 is 1.50 bits per heavy atom. The summed E-state index contributed by atoms with van der Waals surface area (Å²) in [6, 6.07) is 0. The molecule has 3 heteroatoms. The van der Waals surface area contributed by atoms with Crippen LogP contribution >= 0.6 is 0 Å². The van der Waals surface area contributed by atoms with Crippen molar-refractivity contribution in [1.29, 1.82) is 0 Å². The monoisotopic (exact) mass is 115 g/mol. The number of hydrogen-bond acceptors (Lipinski definition) is 2. The second-order valence-corrected chi connectivity index (χ2v) is 1.82. The zero-order chi connectivity index (χ0) is 6.57. The third-order valence-electron chi connectivity index (χ3n) is 0.721. The van der Waals surface area contributed by atoms with Gasteiger partial charge in [-0.05, 0) is 6.92 Å². The molecule has 8 heavy (non-hydrogen) atoms. The minimum Gasteiger partial charge on any atom is -0.308 e. The van der Waals surface area contributed by atoms with Gasteiger partial charge in [0.25, 0.3) is 0 Å². The Balaban J connectivity index is 3.39. The van der Waals surface area contributed by atoms with Crippen LogP contribution in [-0.2, 0) is 0 Å². The highest BCUT2D eigenvalue weighted by Crippen LogP contribution is 1.68. The molecule has 0 rings (SSSR count). The Labute approximate surface area is 50.4 Å².